The molecule has 0 amide bonds. The van der Waals surface area contributed by atoms with E-state index in [1.807, 2.05) is 62.4 Å². The number of ketones is 1. The lowest BCUT2D eigenvalue weighted by Crippen LogP contribution is -2.31. The summed E-state index contributed by atoms with van der Waals surface area (Å²) in [7, 11) is 0. The van der Waals surface area contributed by atoms with E-state index >= 15 is 0 Å². The number of H-pyrrole nitrogens is 1. The van der Waals surface area contributed by atoms with Crippen LogP contribution in [0.3, 0.4) is 0 Å². The van der Waals surface area contributed by atoms with Gasteiger partial charge in [-0.25, -0.2) is 9.89 Å². The van der Waals surface area contributed by atoms with Gasteiger partial charge in [0.15, 0.2) is 11.6 Å². The van der Waals surface area contributed by atoms with Gasteiger partial charge in [0, 0.05) is 24.4 Å². The summed E-state index contributed by atoms with van der Waals surface area (Å²) < 4.78 is 3.25. The second-order valence-electron chi connectivity index (χ2n) is 8.13. The van der Waals surface area contributed by atoms with E-state index in [0.717, 1.165) is 35.1 Å². The van der Waals surface area contributed by atoms with Crippen molar-refractivity contribution in [3.63, 3.8) is 0 Å². The third-order valence-corrected chi connectivity index (χ3v) is 5.79. The molecule has 0 radical (unpaired) electrons. The fraction of sp³-hybridized carbons (Fsp3) is 0.320. The zero-order chi connectivity index (χ0) is 23.2. The van der Waals surface area contributed by atoms with Gasteiger partial charge in [-0.05, 0) is 40.0 Å². The molecular weight excluding hydrogens is 416 g/mol. The number of carbonyl (C=O) groups excluding carboxylic acids is 1. The highest BCUT2D eigenvalue weighted by atomic mass is 16.2. The van der Waals surface area contributed by atoms with Crippen LogP contribution < -0.4 is 5.69 Å². The van der Waals surface area contributed by atoms with Crippen LogP contribution in [0.25, 0.3) is 22.5 Å². The normalized spacial score (nSPS) is 12.1. The Morgan fingerprint density at radius 1 is 1.00 bits per heavy atom. The van der Waals surface area contributed by atoms with Crippen LogP contribution in [0.4, 0.5) is 0 Å². The Bertz CT molecular complexity index is 1250. The number of rotatable bonds is 10. The maximum atomic E-state index is 13.0. The molecule has 0 aliphatic carbocycles. The van der Waals surface area contributed by atoms with E-state index in [0.29, 0.717) is 25.2 Å². The number of Topliss-reactive ketones (excluding diaryl/α,β-unsaturated/α-hetero) is 1. The van der Waals surface area contributed by atoms with Crippen LogP contribution in [0.15, 0.2) is 65.7 Å². The van der Waals surface area contributed by atoms with E-state index in [1.54, 1.807) is 21.5 Å². The first-order valence-electron chi connectivity index (χ1n) is 11.3. The van der Waals surface area contributed by atoms with Gasteiger partial charge in [-0.15, -0.1) is 5.10 Å². The van der Waals surface area contributed by atoms with Crippen LogP contribution in [0.5, 0.6) is 0 Å². The van der Waals surface area contributed by atoms with Crippen molar-refractivity contribution in [3.8, 4) is 22.5 Å². The summed E-state index contributed by atoms with van der Waals surface area (Å²) in [5.74, 6) is 0.742. The number of nitrogens with zero attached hydrogens (tertiary/aromatic N) is 5. The maximum Gasteiger partial charge on any atom is 0.329 e. The predicted molar refractivity (Wildman–Crippen MR) is 127 cm³/mol. The highest BCUT2D eigenvalue weighted by molar-refractivity contribution is 5.82. The number of imidazole rings is 1. The van der Waals surface area contributed by atoms with Crippen LogP contribution in [0.1, 0.15) is 51.1 Å². The Balaban J connectivity index is 1.56. The van der Waals surface area contributed by atoms with Crippen molar-refractivity contribution in [2.24, 2.45) is 0 Å². The van der Waals surface area contributed by atoms with Crippen molar-refractivity contribution >= 4 is 5.78 Å². The molecule has 2 aromatic carbocycles. The van der Waals surface area contributed by atoms with Crippen LogP contribution in [0.2, 0.25) is 0 Å². The third-order valence-electron chi connectivity index (χ3n) is 5.79. The summed E-state index contributed by atoms with van der Waals surface area (Å²) in [5, 5.41) is 14.2. The lowest BCUT2D eigenvalue weighted by Gasteiger charge is -2.15. The molecule has 2 aromatic heterocycles. The zero-order valence-corrected chi connectivity index (χ0v) is 18.9. The number of aromatic nitrogens is 6. The molecule has 0 saturated heterocycles. The van der Waals surface area contributed by atoms with E-state index in [9.17, 15) is 9.59 Å². The van der Waals surface area contributed by atoms with Crippen molar-refractivity contribution in [3.05, 3.63) is 77.0 Å². The van der Waals surface area contributed by atoms with E-state index in [4.69, 9.17) is 0 Å². The molecule has 8 heteroatoms. The number of aromatic amines is 1. The number of nitrogens with one attached hydrogen (secondary N) is 1. The maximum absolute atomic E-state index is 13.0. The van der Waals surface area contributed by atoms with Crippen molar-refractivity contribution in [2.75, 3.05) is 0 Å². The highest BCUT2D eigenvalue weighted by Crippen LogP contribution is 2.29. The van der Waals surface area contributed by atoms with Crippen LogP contribution in [-0.2, 0) is 11.3 Å². The largest absolute Gasteiger partial charge is 0.329 e. The minimum Gasteiger partial charge on any atom is -0.297 e. The second kappa shape index (κ2) is 10.2. The Kier molecular flexibility index (Phi) is 6.92. The monoisotopic (exact) mass is 444 g/mol. The van der Waals surface area contributed by atoms with Gasteiger partial charge in [-0.1, -0.05) is 68.8 Å². The molecule has 0 aliphatic heterocycles. The summed E-state index contributed by atoms with van der Waals surface area (Å²) in [5.41, 5.74) is 3.82. The molecule has 0 spiro atoms. The Morgan fingerprint density at radius 3 is 2.42 bits per heavy atom. The first kappa shape index (κ1) is 22.4. The van der Waals surface area contributed by atoms with E-state index in [1.165, 1.54) is 0 Å². The molecule has 4 rings (SSSR count). The highest BCUT2D eigenvalue weighted by Gasteiger charge is 2.21. The van der Waals surface area contributed by atoms with Gasteiger partial charge in [0.25, 0.3) is 0 Å². The van der Waals surface area contributed by atoms with E-state index < -0.39 is 0 Å². The quantitative estimate of drug-likeness (QED) is 0.394. The van der Waals surface area contributed by atoms with E-state index in [2.05, 4.69) is 20.6 Å². The molecule has 1 N–H and O–H groups in total. The molecule has 1 unspecified atom stereocenters. The molecule has 0 bridgehead atoms. The van der Waals surface area contributed by atoms with Gasteiger partial charge in [-0.2, -0.15) is 0 Å². The molecular formula is C25H28N6O2. The van der Waals surface area contributed by atoms with Gasteiger partial charge in [-0.3, -0.25) is 13.9 Å². The average molecular weight is 445 g/mol. The molecule has 4 aromatic rings. The van der Waals surface area contributed by atoms with Crippen molar-refractivity contribution in [1.29, 1.82) is 0 Å². The van der Waals surface area contributed by atoms with Gasteiger partial charge >= 0.3 is 5.69 Å². The topological polar surface area (TPSA) is 98.5 Å². The summed E-state index contributed by atoms with van der Waals surface area (Å²) in [4.78, 5) is 25.6. The van der Waals surface area contributed by atoms with Gasteiger partial charge in [0.2, 0.25) is 0 Å². The van der Waals surface area contributed by atoms with Gasteiger partial charge in [0.1, 0.15) is 0 Å². The van der Waals surface area contributed by atoms with Crippen molar-refractivity contribution in [2.45, 2.75) is 52.1 Å². The zero-order valence-electron chi connectivity index (χ0n) is 18.9. The lowest BCUT2D eigenvalue weighted by atomic mass is 9.98. The Labute approximate surface area is 192 Å². The summed E-state index contributed by atoms with van der Waals surface area (Å²) in [6.45, 7) is 4.47. The minimum absolute atomic E-state index is 0.129. The number of hydrogen-bond acceptors (Lipinski definition) is 5. The van der Waals surface area contributed by atoms with Crippen LogP contribution in [0, 0.1) is 0 Å². The molecule has 170 valence electrons. The molecule has 33 heavy (non-hydrogen) atoms. The summed E-state index contributed by atoms with van der Waals surface area (Å²) in [6.07, 6.45) is 6.32. The first-order chi connectivity index (χ1) is 16.1. The van der Waals surface area contributed by atoms with Crippen molar-refractivity contribution < 1.29 is 4.79 Å². The number of hydrogen-bond donors (Lipinski definition) is 1. The fourth-order valence-corrected chi connectivity index (χ4v) is 4.13. The van der Waals surface area contributed by atoms with Gasteiger partial charge in [0.05, 0.1) is 12.6 Å². The SMILES string of the molecule is CCCC(=O)C(CCC)n1ccn(Cc2ccc(-c3ccccc3-c3nnn[nH]3)cc2)c1=O. The standard InChI is InChI=1S/C25H28N6O2/c1-3-7-22(23(32)8-4-2)31-16-15-30(25(31)33)17-18-11-13-19(14-12-18)20-9-5-6-10-21(20)24-26-28-29-27-24/h5-6,9-16,22H,3-4,7-8,17H2,1-2H3,(H,26,27,28,29). The van der Waals surface area contributed by atoms with Crippen molar-refractivity contribution in [1.82, 2.24) is 29.8 Å². The van der Waals surface area contributed by atoms with Gasteiger partial charge < -0.3 is 0 Å². The van der Waals surface area contributed by atoms with Crippen LogP contribution >= 0.6 is 0 Å². The summed E-state index contributed by atoms with van der Waals surface area (Å²) in [6, 6.07) is 15.6. The molecule has 0 aliphatic rings. The van der Waals surface area contributed by atoms with Crippen LogP contribution in [-0.4, -0.2) is 35.5 Å². The smallest absolute Gasteiger partial charge is 0.297 e. The molecule has 2 heterocycles. The molecule has 8 nitrogen and oxygen atoms in total. The number of carbonyl (C=O) groups is 1. The first-order valence-corrected chi connectivity index (χ1v) is 11.3. The summed E-state index contributed by atoms with van der Waals surface area (Å²) >= 11 is 0. The average Bonchev–Trinajstić information content (AvgIpc) is 3.49. The molecule has 1 atom stereocenters. The Morgan fingerprint density at radius 2 is 1.76 bits per heavy atom. The molecule has 0 fully saturated rings. The van der Waals surface area contributed by atoms with E-state index in [-0.39, 0.29) is 17.5 Å². The Hall–Kier alpha value is -3.81. The number of benzene rings is 2. The second-order valence-corrected chi connectivity index (χ2v) is 8.13. The third kappa shape index (κ3) is 4.84. The fourth-order valence-electron chi connectivity index (χ4n) is 4.13. The lowest BCUT2D eigenvalue weighted by molar-refractivity contribution is -0.122. The molecule has 0 saturated carbocycles. The predicted octanol–water partition coefficient (Wildman–Crippen LogP) is 4.26. The number of tetrazole rings is 1. The minimum atomic E-state index is -0.381.